The fraction of sp³-hybridized carbons (Fsp3) is 0.308. The van der Waals surface area contributed by atoms with Crippen LogP contribution in [0.25, 0.3) is 0 Å². The molecule has 1 N–H and O–H groups in total. The Labute approximate surface area is 114 Å². The molecule has 0 saturated heterocycles. The number of hydrogen-bond donors (Lipinski definition) is 1. The molecule has 1 aromatic rings. The summed E-state index contributed by atoms with van der Waals surface area (Å²) >= 11 is 6.02. The van der Waals surface area contributed by atoms with E-state index in [1.54, 1.807) is 18.2 Å². The third-order valence-corrected chi connectivity index (χ3v) is 3.27. The molecule has 0 radical (unpaired) electrons. The summed E-state index contributed by atoms with van der Waals surface area (Å²) in [5.74, 6) is -2.03. The van der Waals surface area contributed by atoms with Crippen molar-refractivity contribution < 1.29 is 19.5 Å². The number of halogens is 1. The monoisotopic (exact) mass is 281 g/mol. The van der Waals surface area contributed by atoms with Crippen molar-refractivity contribution in [3.05, 3.63) is 28.8 Å². The van der Waals surface area contributed by atoms with Crippen LogP contribution in [0.3, 0.4) is 0 Å². The number of carbonyl (C=O) groups excluding carboxylic acids is 2. The molecule has 1 aliphatic rings. The summed E-state index contributed by atoms with van der Waals surface area (Å²) in [6, 6.07) is 4.81. The predicted octanol–water partition coefficient (Wildman–Crippen LogP) is 2.12. The number of rotatable bonds is 5. The van der Waals surface area contributed by atoms with Crippen molar-refractivity contribution in [2.45, 2.75) is 19.3 Å². The maximum Gasteiger partial charge on any atom is 0.303 e. The maximum absolute atomic E-state index is 11.8. The number of ketones is 1. The van der Waals surface area contributed by atoms with E-state index in [2.05, 4.69) is 0 Å². The van der Waals surface area contributed by atoms with Gasteiger partial charge in [0.15, 0.2) is 0 Å². The molecule has 0 saturated carbocycles. The van der Waals surface area contributed by atoms with E-state index in [1.807, 2.05) is 0 Å². The Bertz CT molecular complexity index is 556. The van der Waals surface area contributed by atoms with Crippen LogP contribution in [0.5, 0.6) is 0 Å². The van der Waals surface area contributed by atoms with E-state index in [0.717, 1.165) is 0 Å². The molecular weight excluding hydrogens is 270 g/mol. The minimum absolute atomic E-state index is 0.0470. The van der Waals surface area contributed by atoms with Gasteiger partial charge in [-0.2, -0.15) is 0 Å². The molecule has 100 valence electrons. The first kappa shape index (κ1) is 13.5. The van der Waals surface area contributed by atoms with Gasteiger partial charge >= 0.3 is 5.97 Å². The third kappa shape index (κ3) is 2.61. The van der Waals surface area contributed by atoms with Crippen LogP contribution < -0.4 is 4.90 Å². The number of hydrogen-bond acceptors (Lipinski definition) is 3. The van der Waals surface area contributed by atoms with Gasteiger partial charge in [-0.1, -0.05) is 17.7 Å². The molecule has 19 heavy (non-hydrogen) atoms. The number of nitrogens with zero attached hydrogens (tertiary/aromatic N) is 1. The first-order valence-corrected chi connectivity index (χ1v) is 6.26. The van der Waals surface area contributed by atoms with Gasteiger partial charge in [0.2, 0.25) is 0 Å². The van der Waals surface area contributed by atoms with Gasteiger partial charge in [-0.25, -0.2) is 0 Å². The van der Waals surface area contributed by atoms with Gasteiger partial charge in [-0.15, -0.1) is 0 Å². The molecule has 2 rings (SSSR count). The van der Waals surface area contributed by atoms with E-state index < -0.39 is 17.7 Å². The summed E-state index contributed by atoms with van der Waals surface area (Å²) in [7, 11) is 0. The average Bonchev–Trinajstić information content (AvgIpc) is 2.60. The smallest absolute Gasteiger partial charge is 0.303 e. The second kappa shape index (κ2) is 5.40. The Morgan fingerprint density at radius 2 is 2.00 bits per heavy atom. The number of fused-ring (bicyclic) bond motifs is 1. The molecule has 0 fully saturated rings. The normalized spacial score (nSPS) is 13.8. The van der Waals surface area contributed by atoms with Gasteiger partial charge in [-0.3, -0.25) is 14.4 Å². The van der Waals surface area contributed by atoms with E-state index in [4.69, 9.17) is 16.7 Å². The summed E-state index contributed by atoms with van der Waals surface area (Å²) in [4.78, 5) is 35.3. The quantitative estimate of drug-likeness (QED) is 0.663. The molecule has 0 unspecified atom stereocenters. The van der Waals surface area contributed by atoms with Gasteiger partial charge in [0.1, 0.15) is 0 Å². The van der Waals surface area contributed by atoms with Crippen molar-refractivity contribution in [2.75, 3.05) is 11.4 Å². The molecule has 0 atom stereocenters. The van der Waals surface area contributed by atoms with Crippen LogP contribution in [0.2, 0.25) is 5.02 Å². The highest BCUT2D eigenvalue weighted by Gasteiger charge is 2.36. The predicted molar refractivity (Wildman–Crippen MR) is 69.6 cm³/mol. The van der Waals surface area contributed by atoms with Crippen molar-refractivity contribution in [2.24, 2.45) is 0 Å². The average molecular weight is 282 g/mol. The van der Waals surface area contributed by atoms with E-state index in [-0.39, 0.29) is 6.42 Å². The highest BCUT2D eigenvalue weighted by molar-refractivity contribution is 6.54. The Morgan fingerprint density at radius 3 is 2.68 bits per heavy atom. The molecule has 6 heteroatoms. The lowest BCUT2D eigenvalue weighted by atomic mass is 10.1. The second-order valence-electron chi connectivity index (χ2n) is 4.27. The van der Waals surface area contributed by atoms with Crippen LogP contribution in [0, 0.1) is 0 Å². The zero-order chi connectivity index (χ0) is 14.0. The molecule has 0 spiro atoms. The molecule has 0 bridgehead atoms. The number of Topliss-reactive ketones (excluding diaryl/α,β-unsaturated/α-hetero) is 1. The van der Waals surface area contributed by atoms with Gasteiger partial charge in [0.05, 0.1) is 16.3 Å². The minimum atomic E-state index is -0.873. The minimum Gasteiger partial charge on any atom is -0.481 e. The largest absolute Gasteiger partial charge is 0.481 e. The van der Waals surface area contributed by atoms with Crippen molar-refractivity contribution >= 4 is 34.9 Å². The summed E-state index contributed by atoms with van der Waals surface area (Å²) < 4.78 is 0. The van der Waals surface area contributed by atoms with Crippen molar-refractivity contribution in [1.82, 2.24) is 0 Å². The highest BCUT2D eigenvalue weighted by Crippen LogP contribution is 2.35. The number of carbonyl (C=O) groups is 3. The molecule has 0 aromatic heterocycles. The molecule has 1 heterocycles. The van der Waals surface area contributed by atoms with Gasteiger partial charge < -0.3 is 10.0 Å². The zero-order valence-electron chi connectivity index (χ0n) is 10.1. The maximum atomic E-state index is 11.8. The first-order chi connectivity index (χ1) is 9.02. The molecule has 1 aliphatic heterocycles. The molecule has 0 aliphatic carbocycles. The summed E-state index contributed by atoms with van der Waals surface area (Å²) in [6.07, 6.45) is 1.01. The van der Waals surface area contributed by atoms with Crippen LogP contribution in [0.15, 0.2) is 18.2 Å². The summed E-state index contributed by atoms with van der Waals surface area (Å²) in [6.45, 7) is 0.300. The number of amides is 1. The molecular formula is C13H12ClNO4. The van der Waals surface area contributed by atoms with E-state index in [9.17, 15) is 14.4 Å². The molecule has 1 aromatic carbocycles. The summed E-state index contributed by atoms with van der Waals surface area (Å²) in [5.41, 5.74) is 0.755. The van der Waals surface area contributed by atoms with Gasteiger partial charge in [-0.05, 0) is 25.0 Å². The lowest BCUT2D eigenvalue weighted by molar-refractivity contribution is -0.137. The van der Waals surface area contributed by atoms with Crippen LogP contribution in [0.4, 0.5) is 5.69 Å². The number of carboxylic acids is 1. The Balaban J connectivity index is 2.12. The Morgan fingerprint density at radius 1 is 1.26 bits per heavy atom. The number of aliphatic carboxylic acids is 1. The number of para-hydroxylation sites is 1. The van der Waals surface area contributed by atoms with Crippen molar-refractivity contribution in [3.63, 3.8) is 0 Å². The van der Waals surface area contributed by atoms with E-state index >= 15 is 0 Å². The number of carboxylic acid groups (broad SMARTS) is 1. The highest BCUT2D eigenvalue weighted by atomic mass is 35.5. The van der Waals surface area contributed by atoms with Crippen LogP contribution in [-0.2, 0) is 9.59 Å². The second-order valence-corrected chi connectivity index (χ2v) is 4.68. The zero-order valence-corrected chi connectivity index (χ0v) is 10.8. The lowest BCUT2D eigenvalue weighted by Crippen LogP contribution is -2.30. The standard InChI is InChI=1S/C13H12ClNO4/c14-9-5-3-4-8-11(9)15(13(19)12(8)18)7-2-1-6-10(16)17/h3-5H,1-2,6-7H2,(H,16,17). The third-order valence-electron chi connectivity index (χ3n) is 2.96. The van der Waals surface area contributed by atoms with Crippen LogP contribution >= 0.6 is 11.6 Å². The van der Waals surface area contributed by atoms with Gasteiger partial charge in [0.25, 0.3) is 11.7 Å². The SMILES string of the molecule is O=C(O)CCCCN1C(=O)C(=O)c2cccc(Cl)c21. The number of anilines is 1. The fourth-order valence-corrected chi connectivity index (χ4v) is 2.35. The fourth-order valence-electron chi connectivity index (χ4n) is 2.07. The van der Waals surface area contributed by atoms with Crippen LogP contribution in [0.1, 0.15) is 29.6 Å². The lowest BCUT2D eigenvalue weighted by Gasteiger charge is -2.17. The number of unbranched alkanes of at least 4 members (excludes halogenated alkanes) is 1. The summed E-state index contributed by atoms with van der Waals surface area (Å²) in [5, 5.41) is 8.90. The first-order valence-electron chi connectivity index (χ1n) is 5.89. The topological polar surface area (TPSA) is 74.7 Å². The molecule has 1 amide bonds. The number of benzene rings is 1. The van der Waals surface area contributed by atoms with E-state index in [0.29, 0.717) is 35.7 Å². The van der Waals surface area contributed by atoms with Gasteiger partial charge in [0, 0.05) is 13.0 Å². The Hall–Kier alpha value is -1.88. The van der Waals surface area contributed by atoms with Crippen molar-refractivity contribution in [1.29, 1.82) is 0 Å². The molecule has 5 nitrogen and oxygen atoms in total. The Kier molecular flexibility index (Phi) is 3.85. The van der Waals surface area contributed by atoms with Crippen molar-refractivity contribution in [3.8, 4) is 0 Å². The van der Waals surface area contributed by atoms with E-state index in [1.165, 1.54) is 4.90 Å². The van der Waals surface area contributed by atoms with Crippen LogP contribution in [-0.4, -0.2) is 29.3 Å².